The molecule has 0 unspecified atom stereocenters. The summed E-state index contributed by atoms with van der Waals surface area (Å²) in [7, 11) is 1.34. The molecule has 0 saturated carbocycles. The summed E-state index contributed by atoms with van der Waals surface area (Å²) in [4.78, 5) is 23.3. The van der Waals surface area contributed by atoms with Crippen molar-refractivity contribution >= 4 is 11.8 Å². The van der Waals surface area contributed by atoms with E-state index in [2.05, 4.69) is 10.1 Å². The highest BCUT2D eigenvalue weighted by atomic mass is 16.5. The van der Waals surface area contributed by atoms with Crippen LogP contribution in [0.25, 0.3) is 0 Å². The van der Waals surface area contributed by atoms with Crippen molar-refractivity contribution in [3.63, 3.8) is 0 Å². The zero-order valence-electron chi connectivity index (χ0n) is 9.73. The summed E-state index contributed by atoms with van der Waals surface area (Å²) >= 11 is 0. The van der Waals surface area contributed by atoms with E-state index in [1.165, 1.54) is 7.11 Å². The van der Waals surface area contributed by atoms with Crippen LogP contribution in [-0.4, -0.2) is 32.0 Å². The molecule has 4 heteroatoms. The van der Waals surface area contributed by atoms with Crippen molar-refractivity contribution in [3.05, 3.63) is 35.4 Å². The average molecular weight is 233 g/mol. The van der Waals surface area contributed by atoms with Crippen LogP contribution in [0.3, 0.4) is 0 Å². The molecule has 0 radical (unpaired) electrons. The Morgan fingerprint density at radius 1 is 1.24 bits per heavy atom. The number of hydrogen-bond donors (Lipinski definition) is 1. The van der Waals surface area contributed by atoms with E-state index in [1.54, 1.807) is 24.3 Å². The molecule has 0 aromatic heterocycles. The van der Waals surface area contributed by atoms with Gasteiger partial charge in [0.2, 0.25) is 0 Å². The van der Waals surface area contributed by atoms with Crippen LogP contribution in [0.5, 0.6) is 0 Å². The standard InChI is InChI=1S/C13H15NO3/c1-17-13(16)10-4-2-9(3-5-10)12(15)11-6-7-14-8-11/h2-5,11,14H,6-8H2,1H3/t11-/m0/s1. The Kier molecular flexibility index (Phi) is 3.54. The summed E-state index contributed by atoms with van der Waals surface area (Å²) in [5, 5.41) is 3.17. The third-order valence-corrected chi connectivity index (χ3v) is 3.02. The number of nitrogens with one attached hydrogen (secondary N) is 1. The topological polar surface area (TPSA) is 55.4 Å². The molecule has 0 amide bonds. The van der Waals surface area contributed by atoms with Gasteiger partial charge in [0.1, 0.15) is 0 Å². The highest BCUT2D eigenvalue weighted by molar-refractivity contribution is 5.99. The summed E-state index contributed by atoms with van der Waals surface area (Å²) in [6, 6.07) is 6.63. The maximum atomic E-state index is 12.0. The lowest BCUT2D eigenvalue weighted by Crippen LogP contribution is -2.18. The number of hydrogen-bond acceptors (Lipinski definition) is 4. The molecule has 0 spiro atoms. The molecule has 1 heterocycles. The first-order valence-corrected chi connectivity index (χ1v) is 5.65. The molecule has 1 aromatic rings. The van der Waals surface area contributed by atoms with Gasteiger partial charge in [-0.1, -0.05) is 12.1 Å². The van der Waals surface area contributed by atoms with Crippen molar-refractivity contribution in [2.75, 3.05) is 20.2 Å². The maximum Gasteiger partial charge on any atom is 0.337 e. The lowest BCUT2D eigenvalue weighted by molar-refractivity contribution is 0.0600. The van der Waals surface area contributed by atoms with Gasteiger partial charge in [0.15, 0.2) is 5.78 Å². The largest absolute Gasteiger partial charge is 0.465 e. The van der Waals surface area contributed by atoms with Crippen LogP contribution in [0.4, 0.5) is 0 Å². The van der Waals surface area contributed by atoms with E-state index < -0.39 is 0 Å². The molecule has 0 bridgehead atoms. The minimum Gasteiger partial charge on any atom is -0.465 e. The Morgan fingerprint density at radius 2 is 1.88 bits per heavy atom. The summed E-state index contributed by atoms with van der Waals surface area (Å²) in [5.74, 6) is -0.170. The number of rotatable bonds is 3. The Bertz CT molecular complexity index is 419. The van der Waals surface area contributed by atoms with Gasteiger partial charge in [0, 0.05) is 18.0 Å². The molecule has 4 nitrogen and oxygen atoms in total. The number of carbonyl (C=O) groups excluding carboxylic acids is 2. The van der Waals surface area contributed by atoms with E-state index in [-0.39, 0.29) is 17.7 Å². The number of ketones is 1. The van der Waals surface area contributed by atoms with Crippen molar-refractivity contribution in [1.82, 2.24) is 5.32 Å². The third-order valence-electron chi connectivity index (χ3n) is 3.02. The molecule has 1 N–H and O–H groups in total. The second-order valence-electron chi connectivity index (χ2n) is 4.12. The molecular formula is C13H15NO3. The number of esters is 1. The van der Waals surface area contributed by atoms with Crippen LogP contribution >= 0.6 is 0 Å². The first kappa shape index (κ1) is 11.8. The molecule has 1 atom stereocenters. The third kappa shape index (κ3) is 2.53. The van der Waals surface area contributed by atoms with Crippen LogP contribution in [0.15, 0.2) is 24.3 Å². The number of carbonyl (C=O) groups is 2. The molecule has 2 rings (SSSR count). The predicted molar refractivity (Wildman–Crippen MR) is 63.1 cm³/mol. The molecule has 17 heavy (non-hydrogen) atoms. The second kappa shape index (κ2) is 5.10. The molecular weight excluding hydrogens is 218 g/mol. The van der Waals surface area contributed by atoms with Gasteiger partial charge in [-0.05, 0) is 25.1 Å². The number of ether oxygens (including phenoxy) is 1. The van der Waals surface area contributed by atoms with Crippen molar-refractivity contribution in [2.24, 2.45) is 5.92 Å². The van der Waals surface area contributed by atoms with Gasteiger partial charge in [-0.15, -0.1) is 0 Å². The van der Waals surface area contributed by atoms with Crippen LogP contribution in [0.1, 0.15) is 27.1 Å². The van der Waals surface area contributed by atoms with Crippen molar-refractivity contribution in [3.8, 4) is 0 Å². The van der Waals surface area contributed by atoms with E-state index >= 15 is 0 Å². The zero-order valence-corrected chi connectivity index (χ0v) is 9.73. The van der Waals surface area contributed by atoms with E-state index in [0.29, 0.717) is 11.1 Å². The van der Waals surface area contributed by atoms with E-state index in [1.807, 2.05) is 0 Å². The number of methoxy groups -OCH3 is 1. The van der Waals surface area contributed by atoms with Crippen molar-refractivity contribution < 1.29 is 14.3 Å². The number of Topliss-reactive ketones (excluding diaryl/α,β-unsaturated/α-hetero) is 1. The van der Waals surface area contributed by atoms with Crippen molar-refractivity contribution in [2.45, 2.75) is 6.42 Å². The highest BCUT2D eigenvalue weighted by Crippen LogP contribution is 2.16. The van der Waals surface area contributed by atoms with Crippen LogP contribution in [0, 0.1) is 5.92 Å². The van der Waals surface area contributed by atoms with Crippen LogP contribution in [-0.2, 0) is 4.74 Å². The molecule has 1 fully saturated rings. The first-order valence-electron chi connectivity index (χ1n) is 5.65. The van der Waals surface area contributed by atoms with Gasteiger partial charge in [0.25, 0.3) is 0 Å². The molecule has 1 saturated heterocycles. The Labute approximate surface area is 100.0 Å². The fourth-order valence-electron chi connectivity index (χ4n) is 2.00. The van der Waals surface area contributed by atoms with Gasteiger partial charge >= 0.3 is 5.97 Å². The fourth-order valence-corrected chi connectivity index (χ4v) is 2.00. The SMILES string of the molecule is COC(=O)c1ccc(C(=O)[C@H]2CCNC2)cc1. The summed E-state index contributed by atoms with van der Waals surface area (Å²) < 4.78 is 4.60. The molecule has 90 valence electrons. The molecule has 1 aromatic carbocycles. The van der Waals surface area contributed by atoms with Gasteiger partial charge in [-0.3, -0.25) is 4.79 Å². The monoisotopic (exact) mass is 233 g/mol. The van der Waals surface area contributed by atoms with Crippen LogP contribution < -0.4 is 5.32 Å². The summed E-state index contributed by atoms with van der Waals surface area (Å²) in [6.07, 6.45) is 0.886. The van der Waals surface area contributed by atoms with Gasteiger partial charge in [-0.25, -0.2) is 4.79 Å². The zero-order chi connectivity index (χ0) is 12.3. The van der Waals surface area contributed by atoms with Crippen molar-refractivity contribution in [1.29, 1.82) is 0 Å². The predicted octanol–water partition coefficient (Wildman–Crippen LogP) is 1.27. The summed E-state index contributed by atoms with van der Waals surface area (Å²) in [5.41, 5.74) is 1.12. The van der Waals surface area contributed by atoms with Gasteiger partial charge < -0.3 is 10.1 Å². The second-order valence-corrected chi connectivity index (χ2v) is 4.12. The fraction of sp³-hybridized carbons (Fsp3) is 0.385. The van der Waals surface area contributed by atoms with Gasteiger partial charge in [-0.2, -0.15) is 0 Å². The first-order chi connectivity index (χ1) is 8.22. The average Bonchev–Trinajstić information content (AvgIpc) is 2.91. The quantitative estimate of drug-likeness (QED) is 0.631. The smallest absolute Gasteiger partial charge is 0.337 e. The van der Waals surface area contributed by atoms with Gasteiger partial charge in [0.05, 0.1) is 12.7 Å². The molecule has 1 aliphatic rings. The maximum absolute atomic E-state index is 12.0. The Morgan fingerprint density at radius 3 is 2.41 bits per heavy atom. The highest BCUT2D eigenvalue weighted by Gasteiger charge is 2.23. The van der Waals surface area contributed by atoms with E-state index in [0.717, 1.165) is 19.5 Å². The Hall–Kier alpha value is -1.68. The summed E-state index contributed by atoms with van der Waals surface area (Å²) in [6.45, 7) is 1.65. The lowest BCUT2D eigenvalue weighted by atomic mass is 9.96. The van der Waals surface area contributed by atoms with E-state index in [9.17, 15) is 9.59 Å². The molecule has 1 aliphatic heterocycles. The molecule has 0 aliphatic carbocycles. The normalized spacial score (nSPS) is 19.0. The van der Waals surface area contributed by atoms with E-state index in [4.69, 9.17) is 0 Å². The number of benzene rings is 1. The Balaban J connectivity index is 2.11. The van der Waals surface area contributed by atoms with Crippen LogP contribution in [0.2, 0.25) is 0 Å². The lowest BCUT2D eigenvalue weighted by Gasteiger charge is -2.07. The minimum absolute atomic E-state index is 0.0685. The minimum atomic E-state index is -0.383.